The van der Waals surface area contributed by atoms with E-state index in [0.717, 1.165) is 17.6 Å². The van der Waals surface area contributed by atoms with Gasteiger partial charge in [-0.25, -0.2) is 0 Å². The zero-order valence-corrected chi connectivity index (χ0v) is 10.1. The summed E-state index contributed by atoms with van der Waals surface area (Å²) < 4.78 is 0. The zero-order valence-electron chi connectivity index (χ0n) is 10.1. The first kappa shape index (κ1) is 12.4. The topological polar surface area (TPSA) is 33.2 Å². The summed E-state index contributed by atoms with van der Waals surface area (Å²) in [7, 11) is 3.83. The maximum Gasteiger partial charge on any atom is 0.164 e. The fourth-order valence-electron chi connectivity index (χ4n) is 1.46. The highest BCUT2D eigenvalue weighted by Crippen LogP contribution is 2.17. The van der Waals surface area contributed by atoms with E-state index in [4.69, 9.17) is 0 Å². The number of Topliss-reactive ketones (excluding diaryl/α,β-unsaturated/α-hetero) is 1. The van der Waals surface area contributed by atoms with Crippen molar-refractivity contribution >= 4 is 11.4 Å². The number of aromatic nitrogens is 1. The van der Waals surface area contributed by atoms with E-state index in [9.17, 15) is 4.79 Å². The van der Waals surface area contributed by atoms with Crippen LogP contribution in [0.1, 0.15) is 25.3 Å². The number of hydrogen-bond donors (Lipinski definition) is 0. The Labute approximate surface area is 96.8 Å². The minimum Gasteiger partial charge on any atom is -0.383 e. The molecule has 0 fully saturated rings. The first-order chi connectivity index (χ1) is 7.65. The van der Waals surface area contributed by atoms with Crippen LogP contribution >= 0.6 is 0 Å². The normalized spacial score (nSPS) is 11.3. The Hall–Kier alpha value is -1.64. The molecule has 86 valence electrons. The van der Waals surface area contributed by atoms with Gasteiger partial charge in [0, 0.05) is 44.7 Å². The average Bonchev–Trinajstić information content (AvgIpc) is 2.27. The Morgan fingerprint density at radius 2 is 2.00 bits per heavy atom. The third-order valence-corrected chi connectivity index (χ3v) is 2.16. The summed E-state index contributed by atoms with van der Waals surface area (Å²) in [6.45, 7) is 2.01. The number of nitrogens with zero attached hydrogens (tertiary/aromatic N) is 2. The lowest BCUT2D eigenvalue weighted by Crippen LogP contribution is -2.08. The Morgan fingerprint density at radius 1 is 1.38 bits per heavy atom. The summed E-state index contributed by atoms with van der Waals surface area (Å²) in [5.41, 5.74) is 1.69. The standard InChI is InChI=1S/C13H18N2O/c1-4-5-13(16)12(10-15(2)3)11-6-8-14-9-7-11/h6-10H,4-5H2,1-3H3/b12-10-. The number of carbonyl (C=O) groups excluding carboxylic acids is 1. The van der Waals surface area contributed by atoms with E-state index in [1.54, 1.807) is 12.4 Å². The van der Waals surface area contributed by atoms with Gasteiger partial charge in [-0.1, -0.05) is 6.92 Å². The molecule has 1 heterocycles. The van der Waals surface area contributed by atoms with Crippen molar-refractivity contribution in [3.05, 3.63) is 36.3 Å². The van der Waals surface area contributed by atoms with E-state index in [0.29, 0.717) is 6.42 Å². The molecule has 1 aromatic rings. The number of carbonyl (C=O) groups is 1. The van der Waals surface area contributed by atoms with Gasteiger partial charge in [0.25, 0.3) is 0 Å². The molecule has 0 saturated heterocycles. The molecule has 0 spiro atoms. The number of pyridine rings is 1. The van der Waals surface area contributed by atoms with Crippen LogP contribution in [0.4, 0.5) is 0 Å². The highest BCUT2D eigenvalue weighted by Gasteiger charge is 2.11. The number of rotatable bonds is 5. The second-order valence-electron chi connectivity index (χ2n) is 3.92. The van der Waals surface area contributed by atoms with Crippen LogP contribution < -0.4 is 0 Å². The number of ketones is 1. The van der Waals surface area contributed by atoms with Gasteiger partial charge >= 0.3 is 0 Å². The van der Waals surface area contributed by atoms with Crippen molar-refractivity contribution in [1.82, 2.24) is 9.88 Å². The van der Waals surface area contributed by atoms with E-state index >= 15 is 0 Å². The molecule has 0 radical (unpaired) electrons. The molecule has 0 aliphatic rings. The van der Waals surface area contributed by atoms with Crippen molar-refractivity contribution in [2.45, 2.75) is 19.8 Å². The summed E-state index contributed by atoms with van der Waals surface area (Å²) in [5.74, 6) is 0.183. The lowest BCUT2D eigenvalue weighted by molar-refractivity contribution is -0.113. The highest BCUT2D eigenvalue weighted by molar-refractivity contribution is 6.20. The smallest absolute Gasteiger partial charge is 0.164 e. The van der Waals surface area contributed by atoms with Gasteiger partial charge in [-0.2, -0.15) is 0 Å². The van der Waals surface area contributed by atoms with Gasteiger partial charge in [0.1, 0.15) is 0 Å². The second kappa shape index (κ2) is 6.05. The molecule has 1 aromatic heterocycles. The second-order valence-corrected chi connectivity index (χ2v) is 3.92. The van der Waals surface area contributed by atoms with E-state index in [1.165, 1.54) is 0 Å². The molecule has 0 unspecified atom stereocenters. The first-order valence-electron chi connectivity index (χ1n) is 5.47. The summed E-state index contributed by atoms with van der Waals surface area (Å²) in [5, 5.41) is 0. The third-order valence-electron chi connectivity index (χ3n) is 2.16. The molecule has 0 atom stereocenters. The van der Waals surface area contributed by atoms with Crippen LogP contribution in [0.3, 0.4) is 0 Å². The van der Waals surface area contributed by atoms with Crippen molar-refractivity contribution in [2.75, 3.05) is 14.1 Å². The van der Waals surface area contributed by atoms with Crippen LogP contribution in [0.5, 0.6) is 0 Å². The molecule has 16 heavy (non-hydrogen) atoms. The molecular formula is C13H18N2O. The largest absolute Gasteiger partial charge is 0.383 e. The van der Waals surface area contributed by atoms with Gasteiger partial charge in [-0.3, -0.25) is 9.78 Å². The maximum absolute atomic E-state index is 12.0. The van der Waals surface area contributed by atoms with Crippen molar-refractivity contribution in [1.29, 1.82) is 0 Å². The SMILES string of the molecule is CCCC(=O)/C(=C\N(C)C)c1ccncc1. The summed E-state index contributed by atoms with van der Waals surface area (Å²) in [4.78, 5) is 17.8. The van der Waals surface area contributed by atoms with E-state index in [2.05, 4.69) is 4.98 Å². The quantitative estimate of drug-likeness (QED) is 0.711. The molecule has 1 rings (SSSR count). The van der Waals surface area contributed by atoms with Gasteiger partial charge in [-0.05, 0) is 24.1 Å². The Morgan fingerprint density at radius 3 is 2.50 bits per heavy atom. The predicted octanol–water partition coefficient (Wildman–Crippen LogP) is 2.35. The van der Waals surface area contributed by atoms with Crippen molar-refractivity contribution in [3.63, 3.8) is 0 Å². The molecule has 0 saturated carbocycles. The van der Waals surface area contributed by atoms with Gasteiger partial charge in [0.15, 0.2) is 5.78 Å². The number of hydrogen-bond acceptors (Lipinski definition) is 3. The monoisotopic (exact) mass is 218 g/mol. The number of allylic oxidation sites excluding steroid dienone is 1. The molecule has 0 bridgehead atoms. The molecule has 3 heteroatoms. The molecule has 3 nitrogen and oxygen atoms in total. The summed E-state index contributed by atoms with van der Waals surface area (Å²) in [6, 6.07) is 3.73. The van der Waals surface area contributed by atoms with Crippen LogP contribution in [0, 0.1) is 0 Å². The van der Waals surface area contributed by atoms with Crippen LogP contribution in [0.15, 0.2) is 30.7 Å². The molecule has 0 amide bonds. The fourth-order valence-corrected chi connectivity index (χ4v) is 1.46. The Kier molecular flexibility index (Phi) is 4.70. The van der Waals surface area contributed by atoms with Crippen LogP contribution in [0.2, 0.25) is 0 Å². The van der Waals surface area contributed by atoms with Crippen LogP contribution in [-0.2, 0) is 4.79 Å². The lowest BCUT2D eigenvalue weighted by atomic mass is 10.0. The predicted molar refractivity (Wildman–Crippen MR) is 65.8 cm³/mol. The lowest BCUT2D eigenvalue weighted by Gasteiger charge is -2.11. The molecule has 0 aliphatic heterocycles. The molecular weight excluding hydrogens is 200 g/mol. The molecule has 0 aromatic carbocycles. The van der Waals surface area contributed by atoms with Crippen LogP contribution in [0.25, 0.3) is 5.57 Å². The average molecular weight is 218 g/mol. The van der Waals surface area contributed by atoms with Gasteiger partial charge < -0.3 is 4.90 Å². The van der Waals surface area contributed by atoms with Crippen LogP contribution in [-0.4, -0.2) is 29.8 Å². The highest BCUT2D eigenvalue weighted by atomic mass is 16.1. The first-order valence-corrected chi connectivity index (χ1v) is 5.47. The maximum atomic E-state index is 12.0. The van der Waals surface area contributed by atoms with Crippen molar-refractivity contribution in [2.24, 2.45) is 0 Å². The Bertz CT molecular complexity index is 369. The Balaban J connectivity index is 3.02. The van der Waals surface area contributed by atoms with E-state index in [-0.39, 0.29) is 5.78 Å². The molecule has 0 aliphatic carbocycles. The minimum absolute atomic E-state index is 0.183. The van der Waals surface area contributed by atoms with E-state index < -0.39 is 0 Å². The van der Waals surface area contributed by atoms with Crippen molar-refractivity contribution in [3.8, 4) is 0 Å². The summed E-state index contributed by atoms with van der Waals surface area (Å²) >= 11 is 0. The minimum atomic E-state index is 0.183. The fraction of sp³-hybridized carbons (Fsp3) is 0.385. The zero-order chi connectivity index (χ0) is 12.0. The van der Waals surface area contributed by atoms with Gasteiger partial charge in [-0.15, -0.1) is 0 Å². The molecule has 0 N–H and O–H groups in total. The van der Waals surface area contributed by atoms with E-state index in [1.807, 2.05) is 44.3 Å². The van der Waals surface area contributed by atoms with Gasteiger partial charge in [0.05, 0.1) is 0 Å². The van der Waals surface area contributed by atoms with Crippen molar-refractivity contribution < 1.29 is 4.79 Å². The van der Waals surface area contributed by atoms with Gasteiger partial charge in [0.2, 0.25) is 0 Å². The third kappa shape index (κ3) is 3.50. The summed E-state index contributed by atoms with van der Waals surface area (Å²) in [6.07, 6.45) is 6.74.